The van der Waals surface area contributed by atoms with Crippen molar-refractivity contribution in [1.29, 1.82) is 0 Å². The van der Waals surface area contributed by atoms with E-state index in [0.29, 0.717) is 18.0 Å². The molecule has 134 valence electrons. The molecule has 3 aliphatic rings. The van der Waals surface area contributed by atoms with Crippen molar-refractivity contribution in [2.45, 2.75) is 31.3 Å². The van der Waals surface area contributed by atoms with Crippen molar-refractivity contribution in [2.75, 3.05) is 37.7 Å². The predicted molar refractivity (Wildman–Crippen MR) is 99.9 cm³/mol. The highest BCUT2D eigenvalue weighted by atomic mass is 32.2. The molecule has 2 fully saturated rings. The molecule has 0 aliphatic carbocycles. The van der Waals surface area contributed by atoms with Crippen molar-refractivity contribution in [1.82, 2.24) is 15.1 Å². The zero-order valence-electron chi connectivity index (χ0n) is 14.4. The van der Waals surface area contributed by atoms with Crippen molar-refractivity contribution in [3.8, 4) is 0 Å². The first-order chi connectivity index (χ1) is 12.2. The number of rotatable bonds is 2. The number of nitrogens with zero attached hydrogens (tertiary/aromatic N) is 2. The number of amides is 2. The summed E-state index contributed by atoms with van der Waals surface area (Å²) in [5.74, 6) is 2.47. The van der Waals surface area contributed by atoms with Gasteiger partial charge in [-0.2, -0.15) is 11.8 Å². The Morgan fingerprint density at radius 2 is 1.80 bits per heavy atom. The van der Waals surface area contributed by atoms with Gasteiger partial charge >= 0.3 is 0 Å². The van der Waals surface area contributed by atoms with Gasteiger partial charge in [-0.25, -0.2) is 0 Å². The van der Waals surface area contributed by atoms with Gasteiger partial charge in [0.1, 0.15) is 6.04 Å². The molecule has 0 radical (unpaired) electrons. The monoisotopic (exact) mass is 359 g/mol. The zero-order chi connectivity index (χ0) is 17.2. The van der Waals surface area contributed by atoms with Crippen LogP contribution in [0.1, 0.15) is 28.8 Å². The van der Waals surface area contributed by atoms with Crippen LogP contribution in [0.3, 0.4) is 0 Å². The van der Waals surface area contributed by atoms with E-state index in [4.69, 9.17) is 0 Å². The Bertz CT molecular complexity index is 652. The Morgan fingerprint density at radius 1 is 1.08 bits per heavy atom. The molecular weight excluding hydrogens is 334 g/mol. The number of carbonyl (C=O) groups is 2. The zero-order valence-corrected chi connectivity index (χ0v) is 15.3. The number of hydrogen-bond donors (Lipinski definition) is 1. The first-order valence-electron chi connectivity index (χ1n) is 9.22. The van der Waals surface area contributed by atoms with Gasteiger partial charge in [-0.05, 0) is 36.0 Å². The molecule has 0 aromatic heterocycles. The Morgan fingerprint density at radius 3 is 2.56 bits per heavy atom. The normalized spacial score (nSPS) is 25.4. The molecule has 25 heavy (non-hydrogen) atoms. The molecule has 5 nitrogen and oxygen atoms in total. The number of piperazine rings is 1. The van der Waals surface area contributed by atoms with E-state index in [-0.39, 0.29) is 11.8 Å². The van der Waals surface area contributed by atoms with Crippen LogP contribution in [-0.2, 0) is 11.2 Å². The number of hydrogen-bond acceptors (Lipinski definition) is 4. The SMILES string of the molecule is O=C1NC(C(=O)N2CCN(C3CCSCC3)CC2)Cc2ccccc21. The summed E-state index contributed by atoms with van der Waals surface area (Å²) in [4.78, 5) is 29.6. The van der Waals surface area contributed by atoms with Gasteiger partial charge < -0.3 is 10.2 Å². The summed E-state index contributed by atoms with van der Waals surface area (Å²) in [5.41, 5.74) is 1.68. The lowest BCUT2D eigenvalue weighted by atomic mass is 9.94. The van der Waals surface area contributed by atoms with E-state index >= 15 is 0 Å². The molecule has 1 aromatic rings. The summed E-state index contributed by atoms with van der Waals surface area (Å²) < 4.78 is 0. The Kier molecular flexibility index (Phi) is 4.99. The molecule has 0 saturated carbocycles. The molecule has 1 N–H and O–H groups in total. The minimum Gasteiger partial charge on any atom is -0.340 e. The average molecular weight is 359 g/mol. The van der Waals surface area contributed by atoms with Crippen molar-refractivity contribution in [3.63, 3.8) is 0 Å². The van der Waals surface area contributed by atoms with Crippen molar-refractivity contribution in [3.05, 3.63) is 35.4 Å². The van der Waals surface area contributed by atoms with Gasteiger partial charge in [-0.15, -0.1) is 0 Å². The number of benzene rings is 1. The third-order valence-corrected chi connectivity index (χ3v) is 6.67. The highest BCUT2D eigenvalue weighted by Crippen LogP contribution is 2.23. The highest BCUT2D eigenvalue weighted by molar-refractivity contribution is 7.99. The summed E-state index contributed by atoms with van der Waals surface area (Å²) >= 11 is 2.05. The van der Waals surface area contributed by atoms with Crippen LogP contribution in [0.2, 0.25) is 0 Å². The van der Waals surface area contributed by atoms with Crippen LogP contribution in [0.15, 0.2) is 24.3 Å². The van der Waals surface area contributed by atoms with E-state index < -0.39 is 6.04 Å². The molecule has 1 atom stereocenters. The minimum atomic E-state index is -0.417. The maximum absolute atomic E-state index is 12.9. The molecule has 0 bridgehead atoms. The van der Waals surface area contributed by atoms with Crippen LogP contribution < -0.4 is 5.32 Å². The fraction of sp³-hybridized carbons (Fsp3) is 0.579. The van der Waals surface area contributed by atoms with E-state index in [2.05, 4.69) is 22.0 Å². The van der Waals surface area contributed by atoms with Gasteiger partial charge in [0, 0.05) is 44.2 Å². The van der Waals surface area contributed by atoms with Crippen molar-refractivity contribution >= 4 is 23.6 Å². The number of fused-ring (bicyclic) bond motifs is 1. The second kappa shape index (κ2) is 7.38. The third-order valence-electron chi connectivity index (χ3n) is 5.62. The van der Waals surface area contributed by atoms with Gasteiger partial charge in [-0.1, -0.05) is 18.2 Å². The molecule has 6 heteroatoms. The third kappa shape index (κ3) is 3.55. The fourth-order valence-corrected chi connectivity index (χ4v) is 5.24. The van der Waals surface area contributed by atoms with Gasteiger partial charge in [0.25, 0.3) is 5.91 Å². The Balaban J connectivity index is 1.36. The summed E-state index contributed by atoms with van der Waals surface area (Å²) in [6.45, 7) is 3.46. The van der Waals surface area contributed by atoms with Crippen LogP contribution in [0.4, 0.5) is 0 Å². The summed E-state index contributed by atoms with van der Waals surface area (Å²) in [6.07, 6.45) is 3.14. The summed E-state index contributed by atoms with van der Waals surface area (Å²) in [6, 6.07) is 7.85. The molecule has 3 aliphatic heterocycles. The molecule has 1 aromatic carbocycles. The van der Waals surface area contributed by atoms with Gasteiger partial charge in [0.05, 0.1) is 0 Å². The lowest BCUT2D eigenvalue weighted by Gasteiger charge is -2.41. The van der Waals surface area contributed by atoms with E-state index in [1.54, 1.807) is 0 Å². The minimum absolute atomic E-state index is 0.0710. The first-order valence-corrected chi connectivity index (χ1v) is 10.4. The maximum atomic E-state index is 12.9. The van der Waals surface area contributed by atoms with E-state index in [0.717, 1.165) is 31.7 Å². The standard InChI is InChI=1S/C19H25N3O2S/c23-18-16-4-2-1-3-14(16)13-17(20-18)19(24)22-9-7-21(8-10-22)15-5-11-25-12-6-15/h1-4,15,17H,5-13H2,(H,20,23). The van der Waals surface area contributed by atoms with Crippen LogP contribution in [-0.4, -0.2) is 71.4 Å². The number of nitrogens with one attached hydrogen (secondary N) is 1. The quantitative estimate of drug-likeness (QED) is 0.867. The maximum Gasteiger partial charge on any atom is 0.252 e. The van der Waals surface area contributed by atoms with Crippen LogP contribution in [0.5, 0.6) is 0 Å². The van der Waals surface area contributed by atoms with E-state index in [1.807, 2.05) is 29.2 Å². The average Bonchev–Trinajstić information content (AvgIpc) is 2.68. The molecule has 3 heterocycles. The molecule has 2 amide bonds. The second-order valence-corrected chi connectivity index (χ2v) is 8.32. The van der Waals surface area contributed by atoms with E-state index in [1.165, 1.54) is 24.3 Å². The molecule has 2 saturated heterocycles. The highest BCUT2D eigenvalue weighted by Gasteiger charge is 2.34. The topological polar surface area (TPSA) is 52.7 Å². The van der Waals surface area contributed by atoms with Gasteiger partial charge in [0.2, 0.25) is 5.91 Å². The van der Waals surface area contributed by atoms with Crippen LogP contribution >= 0.6 is 11.8 Å². The Hall–Kier alpha value is -1.53. The smallest absolute Gasteiger partial charge is 0.252 e. The van der Waals surface area contributed by atoms with Gasteiger partial charge in [-0.3, -0.25) is 14.5 Å². The van der Waals surface area contributed by atoms with Crippen molar-refractivity contribution < 1.29 is 9.59 Å². The number of carbonyl (C=O) groups excluding carboxylic acids is 2. The van der Waals surface area contributed by atoms with E-state index in [9.17, 15) is 9.59 Å². The largest absolute Gasteiger partial charge is 0.340 e. The Labute approximate surface area is 153 Å². The first kappa shape index (κ1) is 16.9. The molecule has 4 rings (SSSR count). The molecule has 0 spiro atoms. The number of thioether (sulfide) groups is 1. The lowest BCUT2D eigenvalue weighted by molar-refractivity contribution is -0.135. The van der Waals surface area contributed by atoms with Crippen molar-refractivity contribution in [2.24, 2.45) is 0 Å². The van der Waals surface area contributed by atoms with Gasteiger partial charge in [0.15, 0.2) is 0 Å². The summed E-state index contributed by atoms with van der Waals surface area (Å²) in [5, 5.41) is 2.90. The fourth-order valence-electron chi connectivity index (χ4n) is 4.15. The van der Waals surface area contributed by atoms with Crippen LogP contribution in [0, 0.1) is 0 Å². The second-order valence-electron chi connectivity index (χ2n) is 7.09. The predicted octanol–water partition coefficient (Wildman–Crippen LogP) is 1.38. The molecule has 1 unspecified atom stereocenters. The van der Waals surface area contributed by atoms with Crippen LogP contribution in [0.25, 0.3) is 0 Å². The summed E-state index contributed by atoms with van der Waals surface area (Å²) in [7, 11) is 0. The lowest BCUT2D eigenvalue weighted by Crippen LogP contribution is -2.58. The molecular formula is C19H25N3O2S.